The van der Waals surface area contributed by atoms with Gasteiger partial charge in [0.15, 0.2) is 5.58 Å². The minimum absolute atomic E-state index is 0.715. The van der Waals surface area contributed by atoms with Crippen molar-refractivity contribution in [3.63, 3.8) is 0 Å². The van der Waals surface area contributed by atoms with Crippen LogP contribution in [0.25, 0.3) is 33.4 Å². The molecule has 0 aliphatic rings. The van der Waals surface area contributed by atoms with Crippen LogP contribution in [0, 0.1) is 6.92 Å². The average Bonchev–Trinajstić information content (AvgIpc) is 3.14. The van der Waals surface area contributed by atoms with E-state index in [4.69, 9.17) is 14.2 Å². The van der Waals surface area contributed by atoms with E-state index in [0.29, 0.717) is 6.61 Å². The first-order chi connectivity index (χ1) is 11.7. The first-order valence-electron chi connectivity index (χ1n) is 8.13. The highest BCUT2D eigenvalue weighted by molar-refractivity contribution is 6.04. The predicted octanol–water partition coefficient (Wildman–Crippen LogP) is 4.48. The number of aromatic nitrogens is 3. The van der Waals surface area contributed by atoms with Crippen LogP contribution >= 0.6 is 0 Å². The third-order valence-corrected chi connectivity index (χ3v) is 4.22. The summed E-state index contributed by atoms with van der Waals surface area (Å²) in [6.45, 7) is 4.76. The lowest BCUT2D eigenvalue weighted by Crippen LogP contribution is -1.96. The Hall–Kier alpha value is -2.82. The molecule has 4 rings (SSSR count). The fraction of sp³-hybridized carbons (Fsp3) is 0.263. The summed E-state index contributed by atoms with van der Waals surface area (Å²) in [5, 5.41) is 5.04. The Morgan fingerprint density at radius 3 is 2.92 bits per heavy atom. The standard InChI is InChI=1S/C19H19N3O2/c1-4-10-23-14-7-5-6-13(11-14)19-20-18-15(22(19)3)8-9-16-17(18)12(2)21-24-16/h5-9,11H,4,10H2,1-3H3. The van der Waals surface area contributed by atoms with Crippen molar-refractivity contribution in [2.24, 2.45) is 7.05 Å². The zero-order valence-electron chi connectivity index (χ0n) is 14.0. The van der Waals surface area contributed by atoms with Crippen LogP contribution in [0.5, 0.6) is 5.75 Å². The van der Waals surface area contributed by atoms with Crippen LogP contribution in [0.4, 0.5) is 0 Å². The van der Waals surface area contributed by atoms with E-state index in [1.807, 2.05) is 44.3 Å². The van der Waals surface area contributed by atoms with Gasteiger partial charge in [0.05, 0.1) is 23.2 Å². The predicted molar refractivity (Wildman–Crippen MR) is 94.2 cm³/mol. The molecular weight excluding hydrogens is 302 g/mol. The SMILES string of the molecule is CCCOc1cccc(-c2nc3c4c(C)noc4ccc3n2C)c1. The van der Waals surface area contributed by atoms with Crippen molar-refractivity contribution in [3.8, 4) is 17.1 Å². The van der Waals surface area contributed by atoms with Crippen LogP contribution in [0.2, 0.25) is 0 Å². The lowest BCUT2D eigenvalue weighted by molar-refractivity contribution is 0.317. The molecule has 2 aromatic carbocycles. The minimum Gasteiger partial charge on any atom is -0.494 e. The van der Waals surface area contributed by atoms with Crippen LogP contribution < -0.4 is 4.74 Å². The summed E-state index contributed by atoms with van der Waals surface area (Å²) in [5.41, 5.74) is 4.64. The van der Waals surface area contributed by atoms with E-state index in [0.717, 1.165) is 51.3 Å². The summed E-state index contributed by atoms with van der Waals surface area (Å²) in [4.78, 5) is 4.87. The molecule has 0 N–H and O–H groups in total. The number of rotatable bonds is 4. The molecule has 0 unspecified atom stereocenters. The van der Waals surface area contributed by atoms with Gasteiger partial charge in [-0.3, -0.25) is 0 Å². The van der Waals surface area contributed by atoms with E-state index >= 15 is 0 Å². The maximum Gasteiger partial charge on any atom is 0.169 e. The number of benzene rings is 2. The van der Waals surface area contributed by atoms with E-state index in [9.17, 15) is 0 Å². The summed E-state index contributed by atoms with van der Waals surface area (Å²) in [6, 6.07) is 12.0. The molecule has 0 saturated carbocycles. The molecule has 5 nitrogen and oxygen atoms in total. The van der Waals surface area contributed by atoms with Gasteiger partial charge in [0.25, 0.3) is 0 Å². The molecule has 0 bridgehead atoms. The Balaban J connectivity index is 1.89. The van der Waals surface area contributed by atoms with Gasteiger partial charge in [-0.1, -0.05) is 24.2 Å². The van der Waals surface area contributed by atoms with Gasteiger partial charge >= 0.3 is 0 Å². The van der Waals surface area contributed by atoms with Gasteiger partial charge in [-0.25, -0.2) is 4.98 Å². The highest BCUT2D eigenvalue weighted by Gasteiger charge is 2.16. The topological polar surface area (TPSA) is 53.1 Å². The second-order valence-electron chi connectivity index (χ2n) is 5.95. The molecule has 0 saturated heterocycles. The highest BCUT2D eigenvalue weighted by atomic mass is 16.5. The molecule has 122 valence electrons. The molecule has 0 spiro atoms. The Labute approximate surface area is 139 Å². The van der Waals surface area contributed by atoms with E-state index in [2.05, 4.69) is 22.7 Å². The summed E-state index contributed by atoms with van der Waals surface area (Å²) in [7, 11) is 2.03. The van der Waals surface area contributed by atoms with Gasteiger partial charge in [0.2, 0.25) is 0 Å². The fourth-order valence-electron chi connectivity index (χ4n) is 3.03. The quantitative estimate of drug-likeness (QED) is 0.556. The second kappa shape index (κ2) is 5.67. The number of ether oxygens (including phenoxy) is 1. The molecule has 2 aromatic heterocycles. The molecule has 4 aromatic rings. The largest absolute Gasteiger partial charge is 0.494 e. The number of aryl methyl sites for hydroxylation is 2. The number of hydrogen-bond acceptors (Lipinski definition) is 4. The molecule has 5 heteroatoms. The van der Waals surface area contributed by atoms with Crippen molar-refractivity contribution in [1.82, 2.24) is 14.7 Å². The molecule has 0 aliphatic heterocycles. The van der Waals surface area contributed by atoms with Crippen LogP contribution in [-0.4, -0.2) is 21.3 Å². The van der Waals surface area contributed by atoms with Crippen molar-refractivity contribution >= 4 is 22.0 Å². The molecule has 0 fully saturated rings. The minimum atomic E-state index is 0.715. The summed E-state index contributed by atoms with van der Waals surface area (Å²) >= 11 is 0. The molecule has 0 radical (unpaired) electrons. The zero-order valence-corrected chi connectivity index (χ0v) is 14.0. The van der Waals surface area contributed by atoms with Crippen LogP contribution in [-0.2, 0) is 7.05 Å². The second-order valence-corrected chi connectivity index (χ2v) is 5.95. The Bertz CT molecular complexity index is 1030. The Kier molecular flexibility index (Phi) is 3.49. The van der Waals surface area contributed by atoms with Crippen molar-refractivity contribution in [2.45, 2.75) is 20.3 Å². The van der Waals surface area contributed by atoms with E-state index in [1.54, 1.807) is 0 Å². The van der Waals surface area contributed by atoms with Crippen molar-refractivity contribution in [2.75, 3.05) is 6.61 Å². The highest BCUT2D eigenvalue weighted by Crippen LogP contribution is 2.31. The monoisotopic (exact) mass is 321 g/mol. The third-order valence-electron chi connectivity index (χ3n) is 4.22. The molecular formula is C19H19N3O2. The van der Waals surface area contributed by atoms with Crippen LogP contribution in [0.3, 0.4) is 0 Å². The van der Waals surface area contributed by atoms with E-state index in [-0.39, 0.29) is 0 Å². The van der Waals surface area contributed by atoms with Gasteiger partial charge in [0, 0.05) is 12.6 Å². The number of nitrogens with zero attached hydrogens (tertiary/aromatic N) is 3. The van der Waals surface area contributed by atoms with Crippen LogP contribution in [0.15, 0.2) is 40.9 Å². The molecule has 24 heavy (non-hydrogen) atoms. The summed E-state index contributed by atoms with van der Waals surface area (Å²) in [6.07, 6.45) is 0.987. The smallest absolute Gasteiger partial charge is 0.169 e. The van der Waals surface area contributed by atoms with E-state index in [1.165, 1.54) is 0 Å². The van der Waals surface area contributed by atoms with Gasteiger partial charge in [-0.15, -0.1) is 0 Å². The lowest BCUT2D eigenvalue weighted by atomic mass is 10.2. The zero-order chi connectivity index (χ0) is 16.7. The third kappa shape index (κ3) is 2.24. The maximum atomic E-state index is 5.75. The Morgan fingerprint density at radius 1 is 1.21 bits per heavy atom. The van der Waals surface area contributed by atoms with Gasteiger partial charge in [0.1, 0.15) is 17.1 Å². The summed E-state index contributed by atoms with van der Waals surface area (Å²) < 4.78 is 13.2. The lowest BCUT2D eigenvalue weighted by Gasteiger charge is -2.07. The summed E-state index contributed by atoms with van der Waals surface area (Å²) in [5.74, 6) is 1.77. The average molecular weight is 321 g/mol. The molecule has 0 aliphatic carbocycles. The van der Waals surface area contributed by atoms with Crippen molar-refractivity contribution in [3.05, 3.63) is 42.1 Å². The van der Waals surface area contributed by atoms with Crippen LogP contribution in [0.1, 0.15) is 19.0 Å². The molecule has 0 atom stereocenters. The first kappa shape index (κ1) is 14.8. The molecule has 0 amide bonds. The number of imidazole rings is 1. The van der Waals surface area contributed by atoms with Gasteiger partial charge in [-0.2, -0.15) is 0 Å². The fourth-order valence-corrected chi connectivity index (χ4v) is 3.03. The number of hydrogen-bond donors (Lipinski definition) is 0. The normalized spacial score (nSPS) is 11.5. The number of fused-ring (bicyclic) bond motifs is 3. The van der Waals surface area contributed by atoms with Crippen molar-refractivity contribution < 1.29 is 9.26 Å². The maximum absolute atomic E-state index is 5.75. The molecule has 2 heterocycles. The first-order valence-corrected chi connectivity index (χ1v) is 8.13. The van der Waals surface area contributed by atoms with Gasteiger partial charge < -0.3 is 13.8 Å². The Morgan fingerprint density at radius 2 is 2.08 bits per heavy atom. The van der Waals surface area contributed by atoms with Gasteiger partial charge in [-0.05, 0) is 37.6 Å². The van der Waals surface area contributed by atoms with E-state index < -0.39 is 0 Å². The van der Waals surface area contributed by atoms with Crippen molar-refractivity contribution in [1.29, 1.82) is 0 Å².